The fourth-order valence-corrected chi connectivity index (χ4v) is 6.32. The van der Waals surface area contributed by atoms with E-state index in [0.717, 1.165) is 30.2 Å². The number of ether oxygens (including phenoxy) is 1. The van der Waals surface area contributed by atoms with Crippen molar-refractivity contribution < 1.29 is 35.9 Å². The maximum absolute atomic E-state index is 14.1. The van der Waals surface area contributed by atoms with E-state index in [-0.39, 0.29) is 24.4 Å². The van der Waals surface area contributed by atoms with Gasteiger partial charge in [-0.15, -0.1) is 0 Å². The molecule has 0 bridgehead atoms. The Kier molecular flexibility index (Phi) is 7.59. The van der Waals surface area contributed by atoms with E-state index in [4.69, 9.17) is 9.15 Å². The van der Waals surface area contributed by atoms with Crippen LogP contribution in [0.5, 0.6) is 5.75 Å². The molecule has 2 saturated carbocycles. The van der Waals surface area contributed by atoms with E-state index in [1.54, 1.807) is 36.4 Å². The second-order valence-corrected chi connectivity index (χ2v) is 13.9. The average molecular weight is 604 g/mol. The molecule has 2 N–H and O–H groups in total. The zero-order chi connectivity index (χ0) is 30.5. The van der Waals surface area contributed by atoms with Crippen LogP contribution in [-0.4, -0.2) is 69.7 Å². The third kappa shape index (κ3) is 6.14. The molecule has 0 spiro atoms. The van der Waals surface area contributed by atoms with Crippen molar-refractivity contribution >= 4 is 32.6 Å². The van der Waals surface area contributed by atoms with E-state index in [9.17, 15) is 26.8 Å². The summed E-state index contributed by atoms with van der Waals surface area (Å²) in [6.07, 6.45) is 1.24. The van der Waals surface area contributed by atoms with Gasteiger partial charge in [-0.2, -0.15) is 0 Å². The van der Waals surface area contributed by atoms with E-state index >= 15 is 0 Å². The summed E-state index contributed by atoms with van der Waals surface area (Å²) in [5.74, 6) is -3.78. The van der Waals surface area contributed by atoms with Crippen LogP contribution in [-0.2, 0) is 20.4 Å². The SMILES string of the molecule is COc1cc(-c2ccc3cc(C(=O)NC4(C(=O)NC5(N(C)C)CC5)CCC(F)(F)CC4)oc3c2)ccc1CS(C)(=O)=O. The van der Waals surface area contributed by atoms with Gasteiger partial charge < -0.3 is 19.8 Å². The van der Waals surface area contributed by atoms with Crippen LogP contribution in [0.2, 0.25) is 0 Å². The highest BCUT2D eigenvalue weighted by Crippen LogP contribution is 2.42. The first-order chi connectivity index (χ1) is 19.6. The molecular weight excluding hydrogens is 568 g/mol. The highest BCUT2D eigenvalue weighted by atomic mass is 32.2. The number of hydrogen-bond donors (Lipinski definition) is 2. The number of methoxy groups -OCH3 is 1. The van der Waals surface area contributed by atoms with Crippen molar-refractivity contribution in [2.24, 2.45) is 0 Å². The minimum Gasteiger partial charge on any atom is -0.496 e. The molecule has 1 aromatic heterocycles. The average Bonchev–Trinajstić information content (AvgIpc) is 3.58. The van der Waals surface area contributed by atoms with Crippen LogP contribution in [0.25, 0.3) is 22.1 Å². The van der Waals surface area contributed by atoms with Gasteiger partial charge in [0.15, 0.2) is 15.6 Å². The predicted molar refractivity (Wildman–Crippen MR) is 154 cm³/mol. The largest absolute Gasteiger partial charge is 0.496 e. The highest BCUT2D eigenvalue weighted by molar-refractivity contribution is 7.89. The van der Waals surface area contributed by atoms with Crippen LogP contribution in [0.3, 0.4) is 0 Å². The number of nitrogens with one attached hydrogen (secondary N) is 2. The van der Waals surface area contributed by atoms with Gasteiger partial charge in [-0.1, -0.05) is 24.3 Å². The number of carbonyl (C=O) groups is 2. The molecule has 0 unspecified atom stereocenters. The monoisotopic (exact) mass is 603 g/mol. The molecule has 0 radical (unpaired) electrons. The molecule has 9 nitrogen and oxygen atoms in total. The van der Waals surface area contributed by atoms with Crippen molar-refractivity contribution in [1.82, 2.24) is 15.5 Å². The van der Waals surface area contributed by atoms with Crippen molar-refractivity contribution in [3.8, 4) is 16.9 Å². The number of sulfone groups is 1. The lowest BCUT2D eigenvalue weighted by Crippen LogP contribution is -2.64. The van der Waals surface area contributed by atoms with Crippen molar-refractivity contribution in [3.63, 3.8) is 0 Å². The van der Waals surface area contributed by atoms with Crippen LogP contribution in [0.15, 0.2) is 46.9 Å². The summed E-state index contributed by atoms with van der Waals surface area (Å²) in [4.78, 5) is 28.8. The second kappa shape index (κ2) is 10.6. The summed E-state index contributed by atoms with van der Waals surface area (Å²) in [5, 5.41) is 6.39. The molecule has 12 heteroatoms. The topological polar surface area (TPSA) is 118 Å². The molecule has 1 heterocycles. The fraction of sp³-hybridized carbons (Fsp3) is 0.467. The number of amides is 2. The van der Waals surface area contributed by atoms with Gasteiger partial charge in [0.25, 0.3) is 5.91 Å². The molecule has 0 saturated heterocycles. The first kappa shape index (κ1) is 30.0. The number of rotatable bonds is 9. The molecule has 2 amide bonds. The number of nitrogens with zero attached hydrogens (tertiary/aromatic N) is 1. The molecule has 2 fully saturated rings. The number of carbonyl (C=O) groups excluding carboxylic acids is 2. The Balaban J connectivity index is 1.39. The van der Waals surface area contributed by atoms with Gasteiger partial charge in [-0.3, -0.25) is 14.5 Å². The Morgan fingerprint density at radius 2 is 1.60 bits per heavy atom. The number of halogens is 2. The number of alkyl halides is 2. The normalized spacial score (nSPS) is 18.9. The van der Waals surface area contributed by atoms with E-state index in [2.05, 4.69) is 10.6 Å². The molecule has 42 heavy (non-hydrogen) atoms. The van der Waals surface area contributed by atoms with Crippen LogP contribution < -0.4 is 15.4 Å². The van der Waals surface area contributed by atoms with E-state index in [0.29, 0.717) is 22.3 Å². The molecule has 2 aromatic carbocycles. The van der Waals surface area contributed by atoms with Crippen molar-refractivity contribution in [3.05, 3.63) is 53.8 Å². The maximum atomic E-state index is 14.1. The van der Waals surface area contributed by atoms with Gasteiger partial charge in [0.2, 0.25) is 11.8 Å². The van der Waals surface area contributed by atoms with Crippen LogP contribution in [0, 0.1) is 0 Å². The van der Waals surface area contributed by atoms with Gasteiger partial charge in [-0.05, 0) is 69.1 Å². The van der Waals surface area contributed by atoms with Crippen LogP contribution >= 0.6 is 0 Å². The summed E-state index contributed by atoms with van der Waals surface area (Å²) in [7, 11) is 1.90. The second-order valence-electron chi connectivity index (χ2n) is 11.7. The Morgan fingerprint density at radius 3 is 2.19 bits per heavy atom. The van der Waals surface area contributed by atoms with Gasteiger partial charge in [0.1, 0.15) is 16.9 Å². The molecule has 0 aliphatic heterocycles. The zero-order valence-corrected chi connectivity index (χ0v) is 24.9. The molecule has 226 valence electrons. The highest BCUT2D eigenvalue weighted by Gasteiger charge is 2.53. The van der Waals surface area contributed by atoms with E-state index < -0.39 is 51.6 Å². The Hall–Kier alpha value is -3.51. The van der Waals surface area contributed by atoms with Crippen molar-refractivity contribution in [2.45, 2.75) is 61.4 Å². The minimum atomic E-state index is -3.26. The summed E-state index contributed by atoms with van der Waals surface area (Å²) >= 11 is 0. The Labute approximate surface area is 243 Å². The van der Waals surface area contributed by atoms with Crippen molar-refractivity contribution in [2.75, 3.05) is 27.5 Å². The minimum absolute atomic E-state index is 0.0403. The third-order valence-electron chi connectivity index (χ3n) is 8.33. The molecular formula is C30H35F2N3O6S. The first-order valence-corrected chi connectivity index (χ1v) is 15.8. The predicted octanol–water partition coefficient (Wildman–Crippen LogP) is 4.50. The van der Waals surface area contributed by atoms with Gasteiger partial charge in [0, 0.05) is 30.0 Å². The van der Waals surface area contributed by atoms with Gasteiger partial charge >= 0.3 is 0 Å². The van der Waals surface area contributed by atoms with E-state index in [1.807, 2.05) is 25.1 Å². The lowest BCUT2D eigenvalue weighted by Gasteiger charge is -2.40. The summed E-state index contributed by atoms with van der Waals surface area (Å²) in [5.41, 5.74) is 0.432. The Bertz CT molecular complexity index is 1640. The lowest BCUT2D eigenvalue weighted by molar-refractivity contribution is -0.135. The van der Waals surface area contributed by atoms with Crippen molar-refractivity contribution in [1.29, 1.82) is 0 Å². The molecule has 5 rings (SSSR count). The number of furan rings is 1. The van der Waals surface area contributed by atoms with Gasteiger partial charge in [-0.25, -0.2) is 17.2 Å². The smallest absolute Gasteiger partial charge is 0.287 e. The fourth-order valence-electron chi connectivity index (χ4n) is 5.51. The number of benzene rings is 2. The zero-order valence-electron chi connectivity index (χ0n) is 24.1. The first-order valence-electron chi connectivity index (χ1n) is 13.7. The lowest BCUT2D eigenvalue weighted by atomic mass is 9.78. The van der Waals surface area contributed by atoms with Crippen LogP contribution in [0.1, 0.15) is 54.6 Å². The standard InChI is InChI=1S/C30H35F2N3O6S/c1-35(2)30(13-14-30)34-27(37)28(9-11-29(31,32)12-10-28)33-26(36)25-17-21-7-5-20(16-24(21)41-25)19-6-8-22(18-42(4,38)39)23(15-19)40-3/h5-8,15-17H,9-14,18H2,1-4H3,(H,33,36)(H,34,37). The number of hydrogen-bond acceptors (Lipinski definition) is 7. The maximum Gasteiger partial charge on any atom is 0.287 e. The molecule has 0 atom stereocenters. The summed E-state index contributed by atoms with van der Waals surface area (Å²) in [6, 6.07) is 12.1. The molecule has 2 aliphatic carbocycles. The summed E-state index contributed by atoms with van der Waals surface area (Å²) in [6.45, 7) is 0. The Morgan fingerprint density at radius 1 is 0.952 bits per heavy atom. The number of fused-ring (bicyclic) bond motifs is 1. The summed E-state index contributed by atoms with van der Waals surface area (Å²) < 4.78 is 63.1. The quantitative estimate of drug-likeness (QED) is 0.346. The van der Waals surface area contributed by atoms with E-state index in [1.165, 1.54) is 7.11 Å². The van der Waals surface area contributed by atoms with Crippen LogP contribution in [0.4, 0.5) is 8.78 Å². The molecule has 2 aliphatic rings. The van der Waals surface area contributed by atoms with Gasteiger partial charge in [0.05, 0.1) is 18.5 Å². The molecule has 3 aromatic rings. The third-order valence-corrected chi connectivity index (χ3v) is 9.17.